The summed E-state index contributed by atoms with van der Waals surface area (Å²) in [7, 11) is 0. The van der Waals surface area contributed by atoms with Crippen LogP contribution in [0.5, 0.6) is 0 Å². The molecular formula is C16H10BrFN2O2. The van der Waals surface area contributed by atoms with Gasteiger partial charge in [-0.25, -0.2) is 4.39 Å². The molecule has 22 heavy (non-hydrogen) atoms. The Morgan fingerprint density at radius 1 is 1.14 bits per heavy atom. The van der Waals surface area contributed by atoms with Gasteiger partial charge in [-0.15, -0.1) is 0 Å². The van der Waals surface area contributed by atoms with Gasteiger partial charge in [0, 0.05) is 21.6 Å². The molecule has 0 radical (unpaired) electrons. The monoisotopic (exact) mass is 360 g/mol. The van der Waals surface area contributed by atoms with E-state index >= 15 is 0 Å². The average molecular weight is 361 g/mol. The summed E-state index contributed by atoms with van der Waals surface area (Å²) in [6.45, 7) is 0. The molecule has 2 N–H and O–H groups in total. The minimum atomic E-state index is -0.753. The minimum Gasteiger partial charge on any atom is -0.360 e. The molecule has 0 aliphatic rings. The van der Waals surface area contributed by atoms with Crippen molar-refractivity contribution in [2.75, 3.05) is 5.32 Å². The van der Waals surface area contributed by atoms with Crippen LogP contribution in [0.4, 0.5) is 10.1 Å². The van der Waals surface area contributed by atoms with E-state index in [1.54, 1.807) is 24.3 Å². The normalized spacial score (nSPS) is 10.6. The van der Waals surface area contributed by atoms with Crippen molar-refractivity contribution in [3.05, 3.63) is 64.5 Å². The highest BCUT2D eigenvalue weighted by molar-refractivity contribution is 9.10. The fourth-order valence-electron chi connectivity index (χ4n) is 2.15. The Hall–Kier alpha value is -2.47. The molecule has 0 aliphatic carbocycles. The first-order valence-electron chi connectivity index (χ1n) is 6.43. The first-order valence-corrected chi connectivity index (χ1v) is 7.22. The third-order valence-corrected chi connectivity index (χ3v) is 3.91. The first kappa shape index (κ1) is 14.5. The maximum Gasteiger partial charge on any atom is 0.296 e. The third kappa shape index (κ3) is 2.65. The van der Waals surface area contributed by atoms with Crippen molar-refractivity contribution in [2.24, 2.45) is 0 Å². The zero-order valence-corrected chi connectivity index (χ0v) is 12.8. The van der Waals surface area contributed by atoms with Crippen molar-refractivity contribution in [1.82, 2.24) is 4.98 Å². The maximum absolute atomic E-state index is 13.1. The number of amides is 1. The Labute approximate surface area is 133 Å². The highest BCUT2D eigenvalue weighted by atomic mass is 79.9. The quantitative estimate of drug-likeness (QED) is 0.549. The number of H-pyrrole nitrogens is 1. The number of ketones is 1. The van der Waals surface area contributed by atoms with Crippen LogP contribution < -0.4 is 5.32 Å². The molecule has 110 valence electrons. The lowest BCUT2D eigenvalue weighted by Crippen LogP contribution is -2.22. The van der Waals surface area contributed by atoms with Crippen LogP contribution in [0.15, 0.2) is 53.1 Å². The smallest absolute Gasteiger partial charge is 0.296 e. The van der Waals surface area contributed by atoms with Gasteiger partial charge in [0.1, 0.15) is 5.82 Å². The number of para-hydroxylation sites is 1. The summed E-state index contributed by atoms with van der Waals surface area (Å²) in [5.41, 5.74) is 1.18. The topological polar surface area (TPSA) is 62.0 Å². The van der Waals surface area contributed by atoms with Crippen LogP contribution in [0.3, 0.4) is 0 Å². The van der Waals surface area contributed by atoms with E-state index in [0.717, 1.165) is 0 Å². The van der Waals surface area contributed by atoms with Crippen molar-refractivity contribution < 1.29 is 14.0 Å². The molecule has 0 spiro atoms. The van der Waals surface area contributed by atoms with E-state index in [2.05, 4.69) is 26.2 Å². The number of nitrogens with one attached hydrogen (secondary N) is 2. The Kier molecular flexibility index (Phi) is 3.77. The number of carbonyl (C=O) groups is 2. The van der Waals surface area contributed by atoms with Crippen LogP contribution in [-0.2, 0) is 4.79 Å². The zero-order valence-electron chi connectivity index (χ0n) is 11.2. The Bertz CT molecular complexity index is 889. The third-order valence-electron chi connectivity index (χ3n) is 3.22. The second-order valence-electron chi connectivity index (χ2n) is 4.66. The van der Waals surface area contributed by atoms with E-state index in [4.69, 9.17) is 0 Å². The average Bonchev–Trinajstić information content (AvgIpc) is 2.91. The van der Waals surface area contributed by atoms with E-state index in [1.165, 1.54) is 24.4 Å². The highest BCUT2D eigenvalue weighted by Gasteiger charge is 2.20. The molecule has 0 unspecified atom stereocenters. The standard InChI is InChI=1S/C16H10BrFN2O2/c17-12-3-1-2-4-13(12)20-16(22)15(21)11-8-19-14-7-9(18)5-6-10(11)14/h1-8,19H,(H,20,22). The number of halogens is 2. The zero-order chi connectivity index (χ0) is 15.7. The molecule has 1 amide bonds. The Morgan fingerprint density at radius 3 is 2.68 bits per heavy atom. The number of hydrogen-bond donors (Lipinski definition) is 2. The van der Waals surface area contributed by atoms with Gasteiger partial charge in [-0.1, -0.05) is 12.1 Å². The minimum absolute atomic E-state index is 0.208. The number of rotatable bonds is 3. The lowest BCUT2D eigenvalue weighted by molar-refractivity contribution is -0.112. The second kappa shape index (κ2) is 5.73. The van der Waals surface area contributed by atoms with Gasteiger partial charge in [-0.3, -0.25) is 9.59 Å². The lowest BCUT2D eigenvalue weighted by Gasteiger charge is -2.05. The number of benzene rings is 2. The molecule has 1 aromatic heterocycles. The van der Waals surface area contributed by atoms with E-state index in [1.807, 2.05) is 0 Å². The van der Waals surface area contributed by atoms with Crippen molar-refractivity contribution in [2.45, 2.75) is 0 Å². The van der Waals surface area contributed by atoms with Gasteiger partial charge in [0.2, 0.25) is 0 Å². The van der Waals surface area contributed by atoms with Crippen molar-refractivity contribution in [1.29, 1.82) is 0 Å². The number of aromatic nitrogens is 1. The SMILES string of the molecule is O=C(Nc1ccccc1Br)C(=O)c1c[nH]c2cc(F)ccc12. The van der Waals surface area contributed by atoms with Gasteiger partial charge in [0.15, 0.2) is 0 Å². The molecule has 0 aliphatic heterocycles. The van der Waals surface area contributed by atoms with Gasteiger partial charge in [-0.2, -0.15) is 0 Å². The first-order chi connectivity index (χ1) is 10.6. The molecule has 1 heterocycles. The van der Waals surface area contributed by atoms with Crippen LogP contribution >= 0.6 is 15.9 Å². The van der Waals surface area contributed by atoms with Crippen molar-refractivity contribution >= 4 is 44.2 Å². The molecule has 0 saturated carbocycles. The highest BCUT2D eigenvalue weighted by Crippen LogP contribution is 2.23. The van der Waals surface area contributed by atoms with E-state index in [9.17, 15) is 14.0 Å². The molecule has 3 aromatic rings. The largest absolute Gasteiger partial charge is 0.360 e. The Balaban J connectivity index is 1.89. The summed E-state index contributed by atoms with van der Waals surface area (Å²) in [5.74, 6) is -1.85. The summed E-state index contributed by atoms with van der Waals surface area (Å²) in [6.07, 6.45) is 1.41. The summed E-state index contributed by atoms with van der Waals surface area (Å²) in [5, 5.41) is 3.06. The molecule has 0 saturated heterocycles. The molecule has 4 nitrogen and oxygen atoms in total. The van der Waals surface area contributed by atoms with Gasteiger partial charge in [-0.05, 0) is 46.3 Å². The molecule has 0 fully saturated rings. The number of aromatic amines is 1. The molecule has 0 bridgehead atoms. The maximum atomic E-state index is 13.1. The number of fused-ring (bicyclic) bond motifs is 1. The van der Waals surface area contributed by atoms with Crippen LogP contribution in [0.25, 0.3) is 10.9 Å². The number of hydrogen-bond acceptors (Lipinski definition) is 2. The van der Waals surface area contributed by atoms with E-state index in [-0.39, 0.29) is 5.56 Å². The van der Waals surface area contributed by atoms with Gasteiger partial charge >= 0.3 is 0 Å². The fraction of sp³-hybridized carbons (Fsp3) is 0. The number of carbonyl (C=O) groups excluding carboxylic acids is 2. The van der Waals surface area contributed by atoms with Crippen LogP contribution in [0, 0.1) is 5.82 Å². The van der Waals surface area contributed by atoms with Gasteiger partial charge in [0.05, 0.1) is 11.3 Å². The van der Waals surface area contributed by atoms with Crippen LogP contribution in [-0.4, -0.2) is 16.7 Å². The summed E-state index contributed by atoms with van der Waals surface area (Å²) in [4.78, 5) is 27.2. The van der Waals surface area contributed by atoms with Crippen LogP contribution in [0.1, 0.15) is 10.4 Å². The summed E-state index contributed by atoms with van der Waals surface area (Å²) >= 11 is 3.30. The number of anilines is 1. The molecule has 6 heteroatoms. The van der Waals surface area contributed by atoms with Crippen molar-refractivity contribution in [3.63, 3.8) is 0 Å². The Morgan fingerprint density at radius 2 is 1.91 bits per heavy atom. The second-order valence-corrected chi connectivity index (χ2v) is 5.51. The molecular weight excluding hydrogens is 351 g/mol. The van der Waals surface area contributed by atoms with E-state index in [0.29, 0.717) is 21.1 Å². The molecule has 2 aromatic carbocycles. The summed E-state index contributed by atoms with van der Waals surface area (Å²) in [6, 6.07) is 11.0. The number of Topliss-reactive ketones (excluding diaryl/α,β-unsaturated/α-hetero) is 1. The summed E-state index contributed by atoms with van der Waals surface area (Å²) < 4.78 is 13.8. The van der Waals surface area contributed by atoms with Crippen molar-refractivity contribution in [3.8, 4) is 0 Å². The molecule has 0 atom stereocenters. The van der Waals surface area contributed by atoms with E-state index < -0.39 is 17.5 Å². The van der Waals surface area contributed by atoms with Gasteiger partial charge < -0.3 is 10.3 Å². The lowest BCUT2D eigenvalue weighted by atomic mass is 10.1. The predicted molar refractivity (Wildman–Crippen MR) is 85.4 cm³/mol. The van der Waals surface area contributed by atoms with Gasteiger partial charge in [0.25, 0.3) is 11.7 Å². The molecule has 3 rings (SSSR count). The predicted octanol–water partition coefficient (Wildman–Crippen LogP) is 3.89. The van der Waals surface area contributed by atoms with Crippen LogP contribution in [0.2, 0.25) is 0 Å². The fourth-order valence-corrected chi connectivity index (χ4v) is 2.53.